The number of aryl methyl sites for hydroxylation is 1. The third kappa shape index (κ3) is 4.32. The molecule has 0 radical (unpaired) electrons. The van der Waals surface area contributed by atoms with Crippen LogP contribution >= 0.6 is 0 Å². The van der Waals surface area contributed by atoms with Crippen LogP contribution in [0.15, 0.2) is 54.9 Å². The van der Waals surface area contributed by atoms with Gasteiger partial charge in [-0.25, -0.2) is 4.98 Å². The number of fused-ring (bicyclic) bond motifs is 1. The Bertz CT molecular complexity index is 1240. The van der Waals surface area contributed by atoms with Crippen molar-refractivity contribution in [3.05, 3.63) is 71.7 Å². The molecular formula is C29H33N5O2. The summed E-state index contributed by atoms with van der Waals surface area (Å²) >= 11 is 0. The Balaban J connectivity index is 1.03. The first-order chi connectivity index (χ1) is 17.5. The van der Waals surface area contributed by atoms with E-state index in [-0.39, 0.29) is 5.91 Å². The number of hydrogen-bond donors (Lipinski definition) is 1. The van der Waals surface area contributed by atoms with E-state index < -0.39 is 0 Å². The van der Waals surface area contributed by atoms with Gasteiger partial charge in [0.15, 0.2) is 0 Å². The minimum absolute atomic E-state index is 0.176. The molecule has 2 aliphatic heterocycles. The third-order valence-electron chi connectivity index (χ3n) is 8.37. The van der Waals surface area contributed by atoms with Crippen LogP contribution in [0.25, 0.3) is 11.1 Å². The lowest BCUT2D eigenvalue weighted by atomic mass is 9.71. The van der Waals surface area contributed by atoms with Crippen LogP contribution in [0.4, 0.5) is 5.82 Å². The Morgan fingerprint density at radius 3 is 2.56 bits per heavy atom. The van der Waals surface area contributed by atoms with Crippen LogP contribution in [0.2, 0.25) is 0 Å². The SMILES string of the molecule is COc1ccc(CC(=O)N2CCC3(CC2)CN([C@@H]2CCc4cc(-c5ccc(N)nc5)ccc42)C3)nc1. The molecule has 1 aliphatic carbocycles. The maximum atomic E-state index is 12.8. The number of anilines is 1. The lowest BCUT2D eigenvalue weighted by Gasteiger charge is -2.56. The quantitative estimate of drug-likeness (QED) is 0.593. The zero-order valence-electron chi connectivity index (χ0n) is 20.8. The number of carbonyl (C=O) groups excluding carboxylic acids is 1. The number of benzene rings is 1. The van der Waals surface area contributed by atoms with Crippen LogP contribution in [-0.4, -0.2) is 59.0 Å². The molecule has 1 spiro atoms. The molecule has 2 fully saturated rings. The minimum atomic E-state index is 0.176. The Labute approximate surface area is 212 Å². The summed E-state index contributed by atoms with van der Waals surface area (Å²) in [5.41, 5.74) is 12.2. The number of methoxy groups -OCH3 is 1. The van der Waals surface area contributed by atoms with Crippen LogP contribution in [-0.2, 0) is 17.6 Å². The van der Waals surface area contributed by atoms with Crippen molar-refractivity contribution in [3.63, 3.8) is 0 Å². The number of pyridine rings is 2. The van der Waals surface area contributed by atoms with Gasteiger partial charge in [-0.05, 0) is 72.1 Å². The highest BCUT2D eigenvalue weighted by Gasteiger charge is 2.48. The van der Waals surface area contributed by atoms with Gasteiger partial charge >= 0.3 is 0 Å². The molecule has 2 N–H and O–H groups in total. The Kier molecular flexibility index (Phi) is 5.88. The molecular weight excluding hydrogens is 450 g/mol. The fraction of sp³-hybridized carbons (Fsp3) is 0.414. The first kappa shape index (κ1) is 23.0. The number of carbonyl (C=O) groups is 1. The minimum Gasteiger partial charge on any atom is -0.495 e. The van der Waals surface area contributed by atoms with E-state index in [1.807, 2.05) is 35.4 Å². The van der Waals surface area contributed by atoms with Gasteiger partial charge in [0.05, 0.1) is 19.7 Å². The molecule has 36 heavy (non-hydrogen) atoms. The summed E-state index contributed by atoms with van der Waals surface area (Å²) in [6.45, 7) is 3.98. The number of ether oxygens (including phenoxy) is 1. The van der Waals surface area contributed by atoms with E-state index >= 15 is 0 Å². The van der Waals surface area contributed by atoms with Crippen molar-refractivity contribution in [1.82, 2.24) is 19.8 Å². The maximum Gasteiger partial charge on any atom is 0.228 e. The number of hydrogen-bond acceptors (Lipinski definition) is 6. The van der Waals surface area contributed by atoms with Gasteiger partial charge in [-0.2, -0.15) is 0 Å². The van der Waals surface area contributed by atoms with Crippen LogP contribution in [0.5, 0.6) is 5.75 Å². The van der Waals surface area contributed by atoms with Crippen molar-refractivity contribution >= 4 is 11.7 Å². The van der Waals surface area contributed by atoms with Gasteiger partial charge in [-0.15, -0.1) is 0 Å². The lowest BCUT2D eigenvalue weighted by Crippen LogP contribution is -2.61. The number of nitrogens with zero attached hydrogens (tertiary/aromatic N) is 4. The molecule has 7 nitrogen and oxygen atoms in total. The summed E-state index contributed by atoms with van der Waals surface area (Å²) in [5.74, 6) is 1.44. The van der Waals surface area contributed by atoms with Crippen LogP contribution < -0.4 is 10.5 Å². The molecule has 2 aromatic heterocycles. The standard InChI is InChI=1S/C29H33N5O2/c1-36-24-6-5-23(31-17-24)15-28(35)33-12-10-29(11-13-33)18-34(19-29)26-8-3-21-14-20(2-7-25(21)26)22-4-9-27(30)32-16-22/h2,4-7,9,14,16-17,26H,3,8,10-13,15,18-19H2,1H3,(H2,30,32)/t26-/m1/s1. The average Bonchev–Trinajstić information content (AvgIpc) is 3.31. The Morgan fingerprint density at radius 1 is 1.06 bits per heavy atom. The van der Waals surface area contributed by atoms with Gasteiger partial charge in [0.1, 0.15) is 11.6 Å². The van der Waals surface area contributed by atoms with E-state index in [2.05, 4.69) is 33.1 Å². The molecule has 0 bridgehead atoms. The monoisotopic (exact) mass is 483 g/mol. The van der Waals surface area contributed by atoms with Crippen molar-refractivity contribution in [2.24, 2.45) is 5.41 Å². The number of nitrogens with two attached hydrogens (primary N) is 1. The third-order valence-corrected chi connectivity index (χ3v) is 8.37. The van der Waals surface area contributed by atoms with Crippen LogP contribution in [0.1, 0.15) is 42.1 Å². The summed E-state index contributed by atoms with van der Waals surface area (Å²) < 4.78 is 5.16. The topological polar surface area (TPSA) is 84.6 Å². The van der Waals surface area contributed by atoms with Crippen LogP contribution in [0.3, 0.4) is 0 Å². The zero-order valence-corrected chi connectivity index (χ0v) is 20.8. The highest BCUT2D eigenvalue weighted by atomic mass is 16.5. The molecule has 3 aliphatic rings. The van der Waals surface area contributed by atoms with Crippen LogP contribution in [0, 0.1) is 5.41 Å². The number of amides is 1. The van der Waals surface area contributed by atoms with Crippen molar-refractivity contribution in [2.75, 3.05) is 39.0 Å². The summed E-state index contributed by atoms with van der Waals surface area (Å²) in [6.07, 6.45) is 8.38. The second kappa shape index (κ2) is 9.21. The van der Waals surface area contributed by atoms with E-state index in [9.17, 15) is 4.79 Å². The number of piperidine rings is 1. The smallest absolute Gasteiger partial charge is 0.228 e. The normalized spacial score (nSPS) is 20.7. The molecule has 6 rings (SSSR count). The molecule has 1 amide bonds. The summed E-state index contributed by atoms with van der Waals surface area (Å²) in [5, 5.41) is 0. The number of rotatable bonds is 5. The molecule has 3 aromatic rings. The predicted molar refractivity (Wildman–Crippen MR) is 139 cm³/mol. The fourth-order valence-corrected chi connectivity index (χ4v) is 6.22. The van der Waals surface area contributed by atoms with Gasteiger partial charge in [0, 0.05) is 49.7 Å². The summed E-state index contributed by atoms with van der Waals surface area (Å²) in [4.78, 5) is 26.1. The number of likely N-dealkylation sites (tertiary alicyclic amines) is 2. The molecule has 186 valence electrons. The second-order valence-electron chi connectivity index (χ2n) is 10.6. The maximum absolute atomic E-state index is 12.8. The number of aromatic nitrogens is 2. The van der Waals surface area contributed by atoms with Gasteiger partial charge in [0.2, 0.25) is 5.91 Å². The van der Waals surface area contributed by atoms with Gasteiger partial charge in [0.25, 0.3) is 0 Å². The van der Waals surface area contributed by atoms with Gasteiger partial charge < -0.3 is 15.4 Å². The zero-order chi connectivity index (χ0) is 24.7. The van der Waals surface area contributed by atoms with E-state index in [1.54, 1.807) is 13.3 Å². The fourth-order valence-electron chi connectivity index (χ4n) is 6.22. The molecule has 1 atom stereocenters. The first-order valence-electron chi connectivity index (χ1n) is 12.9. The Morgan fingerprint density at radius 2 is 1.86 bits per heavy atom. The predicted octanol–water partition coefficient (Wildman–Crippen LogP) is 3.89. The van der Waals surface area contributed by atoms with E-state index in [4.69, 9.17) is 10.5 Å². The highest BCUT2D eigenvalue weighted by Crippen LogP contribution is 2.48. The van der Waals surface area contributed by atoms with Crippen molar-refractivity contribution in [3.8, 4) is 16.9 Å². The number of nitrogen functional groups attached to an aromatic ring is 1. The van der Waals surface area contributed by atoms with Gasteiger partial charge in [-0.1, -0.05) is 18.2 Å². The summed E-state index contributed by atoms with van der Waals surface area (Å²) in [7, 11) is 1.62. The molecule has 1 aromatic carbocycles. The van der Waals surface area contributed by atoms with E-state index in [1.165, 1.54) is 23.1 Å². The average molecular weight is 484 g/mol. The van der Waals surface area contributed by atoms with E-state index in [0.29, 0.717) is 29.4 Å². The highest BCUT2D eigenvalue weighted by molar-refractivity contribution is 5.78. The van der Waals surface area contributed by atoms with Crippen molar-refractivity contribution in [1.29, 1.82) is 0 Å². The molecule has 0 unspecified atom stereocenters. The lowest BCUT2D eigenvalue weighted by molar-refractivity contribution is -0.136. The van der Waals surface area contributed by atoms with E-state index in [0.717, 1.165) is 56.7 Å². The van der Waals surface area contributed by atoms with Gasteiger partial charge in [-0.3, -0.25) is 14.7 Å². The largest absolute Gasteiger partial charge is 0.495 e. The second-order valence-corrected chi connectivity index (χ2v) is 10.6. The van der Waals surface area contributed by atoms with Crippen molar-refractivity contribution in [2.45, 2.75) is 38.1 Å². The molecule has 2 saturated heterocycles. The molecule has 7 heteroatoms. The van der Waals surface area contributed by atoms with Crippen molar-refractivity contribution < 1.29 is 9.53 Å². The molecule has 0 saturated carbocycles. The summed E-state index contributed by atoms with van der Waals surface area (Å²) in [6, 6.07) is 15.0. The molecule has 4 heterocycles. The Hall–Kier alpha value is -3.45. The first-order valence-corrected chi connectivity index (χ1v) is 12.9.